The molecule has 0 saturated carbocycles. The highest BCUT2D eigenvalue weighted by atomic mass is 32.2. The van der Waals surface area contributed by atoms with E-state index in [0.29, 0.717) is 37.5 Å². The van der Waals surface area contributed by atoms with E-state index in [1.165, 1.54) is 30.0 Å². The Morgan fingerprint density at radius 2 is 2.17 bits per heavy atom. The van der Waals surface area contributed by atoms with Gasteiger partial charge in [-0.05, 0) is 31.0 Å². The number of hydrogen-bond donors (Lipinski definition) is 0. The van der Waals surface area contributed by atoms with Gasteiger partial charge in [0, 0.05) is 19.8 Å². The molecule has 1 aromatic carbocycles. The summed E-state index contributed by atoms with van der Waals surface area (Å²) in [5.74, 6) is 0.0341. The van der Waals surface area contributed by atoms with E-state index < -0.39 is 6.36 Å². The van der Waals surface area contributed by atoms with Gasteiger partial charge in [-0.1, -0.05) is 12.1 Å². The van der Waals surface area contributed by atoms with E-state index in [-0.39, 0.29) is 17.0 Å². The molecule has 1 fully saturated rings. The summed E-state index contributed by atoms with van der Waals surface area (Å²) in [6.07, 6.45) is -4.04. The molecular formula is C15H18F3NO3S. The number of benzene rings is 1. The van der Waals surface area contributed by atoms with Gasteiger partial charge in [0.2, 0.25) is 5.91 Å². The predicted molar refractivity (Wildman–Crippen MR) is 81.1 cm³/mol. The standard InChI is InChI=1S/C15H18F3NO3S/c1-2-21-8-4-7-19-13(20)10-23-14(19)11-5-3-6-12(9-11)22-15(16,17)18/h3,5-6,9,14H,2,4,7-8,10H2,1H3. The molecule has 2 rings (SSSR count). The van der Waals surface area contributed by atoms with Crippen LogP contribution in [0.15, 0.2) is 24.3 Å². The van der Waals surface area contributed by atoms with E-state index in [1.807, 2.05) is 6.92 Å². The van der Waals surface area contributed by atoms with Gasteiger partial charge in [-0.25, -0.2) is 0 Å². The van der Waals surface area contributed by atoms with Crippen molar-refractivity contribution in [1.82, 2.24) is 4.90 Å². The number of nitrogens with zero attached hydrogens (tertiary/aromatic N) is 1. The summed E-state index contributed by atoms with van der Waals surface area (Å²) in [5, 5.41) is -0.291. The van der Waals surface area contributed by atoms with Crippen LogP contribution in [0.2, 0.25) is 0 Å². The molecule has 128 valence electrons. The molecule has 1 heterocycles. The quantitative estimate of drug-likeness (QED) is 0.705. The van der Waals surface area contributed by atoms with Crippen molar-refractivity contribution in [2.45, 2.75) is 25.1 Å². The molecule has 0 spiro atoms. The van der Waals surface area contributed by atoms with Gasteiger partial charge in [0.1, 0.15) is 11.1 Å². The maximum atomic E-state index is 12.3. The zero-order valence-corrected chi connectivity index (χ0v) is 13.5. The summed E-state index contributed by atoms with van der Waals surface area (Å²) >= 11 is 1.40. The zero-order chi connectivity index (χ0) is 16.9. The first kappa shape index (κ1) is 17.9. The summed E-state index contributed by atoms with van der Waals surface area (Å²) in [7, 11) is 0. The van der Waals surface area contributed by atoms with Gasteiger partial charge in [0.25, 0.3) is 0 Å². The number of halogens is 3. The lowest BCUT2D eigenvalue weighted by Gasteiger charge is -2.24. The van der Waals surface area contributed by atoms with Gasteiger partial charge in [0.05, 0.1) is 5.75 Å². The SMILES string of the molecule is CCOCCCN1C(=O)CSC1c1cccc(OC(F)(F)F)c1. The molecule has 0 aromatic heterocycles. The Morgan fingerprint density at radius 3 is 2.87 bits per heavy atom. The second kappa shape index (κ2) is 7.92. The fourth-order valence-corrected chi connectivity index (χ4v) is 3.53. The lowest BCUT2D eigenvalue weighted by atomic mass is 10.2. The van der Waals surface area contributed by atoms with Gasteiger partial charge >= 0.3 is 6.36 Å². The second-order valence-electron chi connectivity index (χ2n) is 4.92. The van der Waals surface area contributed by atoms with Gasteiger partial charge in [-0.2, -0.15) is 0 Å². The monoisotopic (exact) mass is 349 g/mol. The lowest BCUT2D eigenvalue weighted by Crippen LogP contribution is -2.30. The summed E-state index contributed by atoms with van der Waals surface area (Å²) in [6.45, 7) is 3.57. The molecule has 1 aromatic rings. The fourth-order valence-electron chi connectivity index (χ4n) is 2.32. The maximum absolute atomic E-state index is 12.3. The van der Waals surface area contributed by atoms with Crippen LogP contribution in [0.25, 0.3) is 0 Å². The molecule has 0 N–H and O–H groups in total. The van der Waals surface area contributed by atoms with Gasteiger partial charge < -0.3 is 14.4 Å². The minimum Gasteiger partial charge on any atom is -0.406 e. The Balaban J connectivity index is 2.06. The Morgan fingerprint density at radius 1 is 1.39 bits per heavy atom. The van der Waals surface area contributed by atoms with Crippen molar-refractivity contribution >= 4 is 17.7 Å². The Hall–Kier alpha value is -1.41. The molecule has 23 heavy (non-hydrogen) atoms. The maximum Gasteiger partial charge on any atom is 0.573 e. The second-order valence-corrected chi connectivity index (χ2v) is 5.99. The Labute approximate surface area is 136 Å². The smallest absolute Gasteiger partial charge is 0.406 e. The molecule has 1 aliphatic rings. The van der Waals surface area contributed by atoms with Crippen LogP contribution >= 0.6 is 11.8 Å². The molecule has 0 aliphatic carbocycles. The first-order valence-corrected chi connectivity index (χ1v) is 8.30. The predicted octanol–water partition coefficient (Wildman–Crippen LogP) is 3.59. The number of thioether (sulfide) groups is 1. The van der Waals surface area contributed by atoms with Crippen molar-refractivity contribution in [3.05, 3.63) is 29.8 Å². The first-order valence-electron chi connectivity index (χ1n) is 7.25. The molecular weight excluding hydrogens is 331 g/mol. The molecule has 1 aliphatic heterocycles. The van der Waals surface area contributed by atoms with Crippen LogP contribution in [0.5, 0.6) is 5.75 Å². The van der Waals surface area contributed by atoms with Gasteiger partial charge in [-0.15, -0.1) is 24.9 Å². The average Bonchev–Trinajstić information content (AvgIpc) is 2.83. The van der Waals surface area contributed by atoms with E-state index in [4.69, 9.17) is 4.74 Å². The molecule has 4 nitrogen and oxygen atoms in total. The Bertz CT molecular complexity index is 539. The number of alkyl halides is 3. The fraction of sp³-hybridized carbons (Fsp3) is 0.533. The molecule has 1 saturated heterocycles. The lowest BCUT2D eigenvalue weighted by molar-refractivity contribution is -0.274. The van der Waals surface area contributed by atoms with E-state index in [9.17, 15) is 18.0 Å². The number of amides is 1. The summed E-state index contributed by atoms with van der Waals surface area (Å²) in [6, 6.07) is 5.78. The van der Waals surface area contributed by atoms with E-state index in [0.717, 1.165) is 0 Å². The summed E-state index contributed by atoms with van der Waals surface area (Å²) < 4.78 is 46.2. The first-order chi connectivity index (χ1) is 10.9. The topological polar surface area (TPSA) is 38.8 Å². The molecule has 1 amide bonds. The zero-order valence-electron chi connectivity index (χ0n) is 12.6. The van der Waals surface area contributed by atoms with Crippen molar-refractivity contribution in [2.75, 3.05) is 25.5 Å². The van der Waals surface area contributed by atoms with Crippen LogP contribution in [-0.4, -0.2) is 42.7 Å². The van der Waals surface area contributed by atoms with Crippen LogP contribution in [0.1, 0.15) is 24.3 Å². The molecule has 1 unspecified atom stereocenters. The highest BCUT2D eigenvalue weighted by Gasteiger charge is 2.34. The largest absolute Gasteiger partial charge is 0.573 e. The van der Waals surface area contributed by atoms with Crippen LogP contribution in [0.4, 0.5) is 13.2 Å². The summed E-state index contributed by atoms with van der Waals surface area (Å²) in [4.78, 5) is 13.7. The third kappa shape index (κ3) is 5.31. The normalized spacial score (nSPS) is 18.5. The van der Waals surface area contributed by atoms with Crippen molar-refractivity contribution < 1.29 is 27.4 Å². The van der Waals surface area contributed by atoms with Crippen molar-refractivity contribution in [1.29, 1.82) is 0 Å². The molecule has 8 heteroatoms. The van der Waals surface area contributed by atoms with Crippen molar-refractivity contribution in [2.24, 2.45) is 0 Å². The van der Waals surface area contributed by atoms with E-state index in [2.05, 4.69) is 4.74 Å². The number of ether oxygens (including phenoxy) is 2. The number of carbonyl (C=O) groups is 1. The van der Waals surface area contributed by atoms with Gasteiger partial charge in [-0.3, -0.25) is 4.79 Å². The van der Waals surface area contributed by atoms with Crippen LogP contribution in [0, 0.1) is 0 Å². The van der Waals surface area contributed by atoms with E-state index in [1.54, 1.807) is 11.0 Å². The van der Waals surface area contributed by atoms with Gasteiger partial charge in [0.15, 0.2) is 0 Å². The minimum atomic E-state index is -4.73. The minimum absolute atomic E-state index is 0.0151. The third-order valence-corrected chi connectivity index (χ3v) is 4.49. The molecule has 0 radical (unpaired) electrons. The van der Waals surface area contributed by atoms with Crippen molar-refractivity contribution in [3.8, 4) is 5.75 Å². The average molecular weight is 349 g/mol. The Kier molecular flexibility index (Phi) is 6.17. The van der Waals surface area contributed by atoms with Crippen LogP contribution < -0.4 is 4.74 Å². The molecule has 1 atom stereocenters. The highest BCUT2D eigenvalue weighted by Crippen LogP contribution is 2.40. The number of rotatable bonds is 7. The summed E-state index contributed by atoms with van der Waals surface area (Å²) in [5.41, 5.74) is 0.624. The number of hydrogen-bond acceptors (Lipinski definition) is 4. The van der Waals surface area contributed by atoms with Crippen LogP contribution in [-0.2, 0) is 9.53 Å². The molecule has 0 bridgehead atoms. The van der Waals surface area contributed by atoms with Crippen molar-refractivity contribution in [3.63, 3.8) is 0 Å². The third-order valence-electron chi connectivity index (χ3n) is 3.24. The van der Waals surface area contributed by atoms with Crippen LogP contribution in [0.3, 0.4) is 0 Å². The highest BCUT2D eigenvalue weighted by molar-refractivity contribution is 8.00. The number of carbonyl (C=O) groups excluding carboxylic acids is 1. The van der Waals surface area contributed by atoms with E-state index >= 15 is 0 Å².